The van der Waals surface area contributed by atoms with Crippen molar-refractivity contribution in [3.8, 4) is 28.5 Å². The molecular weight excluding hydrogens is 389 g/mol. The van der Waals surface area contributed by atoms with E-state index in [1.165, 1.54) is 25.1 Å². The van der Waals surface area contributed by atoms with Gasteiger partial charge in [-0.2, -0.15) is 21.4 Å². The molecule has 0 saturated carbocycles. The van der Waals surface area contributed by atoms with Gasteiger partial charge < -0.3 is 0 Å². The van der Waals surface area contributed by atoms with Crippen molar-refractivity contribution in [3.63, 3.8) is 0 Å². The van der Waals surface area contributed by atoms with Crippen molar-refractivity contribution >= 4 is 23.5 Å². The summed E-state index contributed by atoms with van der Waals surface area (Å²) in [5.74, 6) is 0.570. The minimum Gasteiger partial charge on any atom is -0.240 e. The molecular formula is C22H20FN3S2. The smallest absolute Gasteiger partial charge is 0.212 e. The number of nitriles is 1. The van der Waals surface area contributed by atoms with E-state index >= 15 is 0 Å². The molecule has 0 aliphatic rings. The van der Waals surface area contributed by atoms with Gasteiger partial charge in [0.25, 0.3) is 0 Å². The largest absolute Gasteiger partial charge is 0.240 e. The lowest BCUT2D eigenvalue weighted by Crippen LogP contribution is -1.97. The van der Waals surface area contributed by atoms with Gasteiger partial charge in [0.2, 0.25) is 5.95 Å². The van der Waals surface area contributed by atoms with Crippen molar-refractivity contribution in [2.24, 2.45) is 0 Å². The molecule has 0 bridgehead atoms. The number of aromatic nitrogens is 2. The number of pyridine rings is 2. The third-order valence-electron chi connectivity index (χ3n) is 4.13. The normalized spacial score (nSPS) is 10.6. The van der Waals surface area contributed by atoms with Gasteiger partial charge in [0, 0.05) is 22.4 Å². The maximum absolute atomic E-state index is 13.2. The lowest BCUT2D eigenvalue weighted by Gasteiger charge is -2.12. The Bertz CT molecular complexity index is 954. The predicted molar refractivity (Wildman–Crippen MR) is 116 cm³/mol. The summed E-state index contributed by atoms with van der Waals surface area (Å²) in [6.07, 6.45) is 3.83. The quantitative estimate of drug-likeness (QED) is 0.186. The minimum absolute atomic E-state index is 0.525. The van der Waals surface area contributed by atoms with E-state index in [9.17, 15) is 9.65 Å². The molecule has 0 amide bonds. The number of thioether (sulfide) groups is 2. The van der Waals surface area contributed by atoms with Gasteiger partial charge in [-0.05, 0) is 35.9 Å². The zero-order valence-corrected chi connectivity index (χ0v) is 17.2. The molecule has 6 heteroatoms. The van der Waals surface area contributed by atoms with Crippen molar-refractivity contribution in [3.05, 3.63) is 66.2 Å². The van der Waals surface area contributed by atoms with E-state index < -0.39 is 5.95 Å². The van der Waals surface area contributed by atoms with Crippen LogP contribution in [-0.4, -0.2) is 20.8 Å². The zero-order valence-electron chi connectivity index (χ0n) is 15.6. The Hall–Kier alpha value is -2.36. The van der Waals surface area contributed by atoms with Gasteiger partial charge in [-0.15, -0.1) is 0 Å². The average molecular weight is 410 g/mol. The maximum Gasteiger partial charge on any atom is 0.212 e. The topological polar surface area (TPSA) is 49.6 Å². The van der Waals surface area contributed by atoms with Crippen molar-refractivity contribution in [2.45, 2.75) is 24.8 Å². The molecule has 1 aromatic carbocycles. The van der Waals surface area contributed by atoms with Crippen LogP contribution in [0.15, 0.2) is 59.8 Å². The fourth-order valence-corrected chi connectivity index (χ4v) is 4.86. The van der Waals surface area contributed by atoms with Crippen molar-refractivity contribution in [2.75, 3.05) is 10.8 Å². The summed E-state index contributed by atoms with van der Waals surface area (Å²) in [4.78, 5) is 8.46. The Morgan fingerprint density at radius 3 is 2.61 bits per heavy atom. The molecule has 3 nitrogen and oxygen atoms in total. The Balaban J connectivity index is 2.02. The molecule has 0 atom stereocenters. The molecule has 142 valence electrons. The highest BCUT2D eigenvalue weighted by Gasteiger charge is 2.16. The van der Waals surface area contributed by atoms with Gasteiger partial charge in [0.1, 0.15) is 11.1 Å². The van der Waals surface area contributed by atoms with Gasteiger partial charge in [-0.1, -0.05) is 55.4 Å². The van der Waals surface area contributed by atoms with Crippen molar-refractivity contribution in [1.29, 1.82) is 5.26 Å². The number of rotatable bonds is 8. The summed E-state index contributed by atoms with van der Waals surface area (Å²) in [6, 6.07) is 17.0. The van der Waals surface area contributed by atoms with Gasteiger partial charge in [0.05, 0.1) is 11.3 Å². The monoisotopic (exact) mass is 409 g/mol. The Kier molecular flexibility index (Phi) is 7.46. The van der Waals surface area contributed by atoms with Crippen LogP contribution in [0.3, 0.4) is 0 Å². The Morgan fingerprint density at radius 1 is 1.11 bits per heavy atom. The number of benzene rings is 1. The van der Waals surface area contributed by atoms with E-state index in [0.29, 0.717) is 16.3 Å². The molecule has 28 heavy (non-hydrogen) atoms. The number of hydrogen-bond donors (Lipinski definition) is 0. The first-order valence-corrected chi connectivity index (χ1v) is 11.2. The fraction of sp³-hybridized carbons (Fsp3) is 0.227. The molecule has 0 aliphatic carbocycles. The second-order valence-electron chi connectivity index (χ2n) is 6.11. The summed E-state index contributed by atoms with van der Waals surface area (Å²) < 4.78 is 13.2. The molecule has 2 heterocycles. The van der Waals surface area contributed by atoms with Crippen LogP contribution < -0.4 is 0 Å². The lowest BCUT2D eigenvalue weighted by atomic mass is 10.00. The number of hydrogen-bond acceptors (Lipinski definition) is 5. The van der Waals surface area contributed by atoms with Gasteiger partial charge >= 0.3 is 0 Å². The third kappa shape index (κ3) is 5.12. The SMILES string of the molecule is CCCCSCSc1nc(-c2ccc(F)nc2)cc(-c2ccccc2)c1C#N. The van der Waals surface area contributed by atoms with Crippen LogP contribution in [0.25, 0.3) is 22.4 Å². The van der Waals surface area contributed by atoms with Crippen LogP contribution in [0.1, 0.15) is 25.3 Å². The van der Waals surface area contributed by atoms with E-state index in [1.807, 2.05) is 48.2 Å². The van der Waals surface area contributed by atoms with Crippen LogP contribution >= 0.6 is 23.5 Å². The van der Waals surface area contributed by atoms with Crippen molar-refractivity contribution < 1.29 is 4.39 Å². The number of unbranched alkanes of at least 4 members (excludes halogenated alkanes) is 1. The molecule has 3 aromatic rings. The van der Waals surface area contributed by atoms with Gasteiger partial charge in [-0.3, -0.25) is 0 Å². The van der Waals surface area contributed by atoms with E-state index in [0.717, 1.165) is 27.5 Å². The van der Waals surface area contributed by atoms with Crippen molar-refractivity contribution in [1.82, 2.24) is 9.97 Å². The summed E-state index contributed by atoms with van der Waals surface area (Å²) in [6.45, 7) is 2.18. The highest BCUT2D eigenvalue weighted by molar-refractivity contribution is 8.15. The summed E-state index contributed by atoms with van der Waals surface area (Å²) in [7, 11) is 0. The average Bonchev–Trinajstić information content (AvgIpc) is 2.74. The molecule has 0 radical (unpaired) electrons. The number of nitrogens with zero attached hydrogens (tertiary/aromatic N) is 3. The molecule has 0 N–H and O–H groups in total. The van der Waals surface area contributed by atoms with E-state index in [-0.39, 0.29) is 0 Å². The Labute approximate surface area is 173 Å². The summed E-state index contributed by atoms with van der Waals surface area (Å²) in [5.41, 5.74) is 3.78. The second-order valence-corrected chi connectivity index (χ2v) is 8.54. The minimum atomic E-state index is -0.525. The van der Waals surface area contributed by atoms with Gasteiger partial charge in [0.15, 0.2) is 0 Å². The second kappa shape index (κ2) is 10.3. The third-order valence-corrected chi connectivity index (χ3v) is 6.41. The highest BCUT2D eigenvalue weighted by Crippen LogP contribution is 2.35. The molecule has 0 fully saturated rings. The molecule has 2 aromatic heterocycles. The molecule has 3 rings (SSSR count). The summed E-state index contributed by atoms with van der Waals surface area (Å²) in [5, 5.41) is 11.4. The van der Waals surface area contributed by atoms with Crippen LogP contribution in [0, 0.1) is 17.3 Å². The van der Waals surface area contributed by atoms with E-state index in [1.54, 1.807) is 17.8 Å². The Morgan fingerprint density at radius 2 is 1.93 bits per heavy atom. The summed E-state index contributed by atoms with van der Waals surface area (Å²) >= 11 is 3.43. The molecule has 0 saturated heterocycles. The molecule has 0 unspecified atom stereocenters. The maximum atomic E-state index is 13.2. The van der Waals surface area contributed by atoms with Crippen LogP contribution in [0.5, 0.6) is 0 Å². The standard InChI is InChI=1S/C22H20FN3S2/c1-2-3-11-27-15-28-22-19(13-24)18(16-7-5-4-6-8-16)12-20(26-22)17-9-10-21(23)25-14-17/h4-10,12,14H,2-3,11,15H2,1H3. The predicted octanol–water partition coefficient (Wildman–Crippen LogP) is 6.40. The molecule has 0 aliphatic heterocycles. The van der Waals surface area contributed by atoms with Gasteiger partial charge in [-0.25, -0.2) is 9.97 Å². The first-order chi connectivity index (χ1) is 13.7. The number of halogens is 1. The first kappa shape index (κ1) is 20.4. The van der Waals surface area contributed by atoms with Crippen LogP contribution in [0.4, 0.5) is 4.39 Å². The van der Waals surface area contributed by atoms with Crippen LogP contribution in [0.2, 0.25) is 0 Å². The van der Waals surface area contributed by atoms with E-state index in [4.69, 9.17) is 4.98 Å². The highest BCUT2D eigenvalue weighted by atomic mass is 32.2. The first-order valence-electron chi connectivity index (χ1n) is 9.06. The lowest BCUT2D eigenvalue weighted by molar-refractivity contribution is 0.584. The van der Waals surface area contributed by atoms with E-state index in [2.05, 4.69) is 18.0 Å². The zero-order chi connectivity index (χ0) is 19.8. The fourth-order valence-electron chi connectivity index (χ4n) is 2.66. The van der Waals surface area contributed by atoms with Crippen LogP contribution in [-0.2, 0) is 0 Å². The molecule has 0 spiro atoms.